The molecule has 5 rings (SSSR count). The van der Waals surface area contributed by atoms with Crippen molar-refractivity contribution in [3.63, 3.8) is 0 Å². The van der Waals surface area contributed by atoms with Crippen LogP contribution in [0.4, 0.5) is 4.79 Å². The average molecular weight is 1070 g/mol. The lowest BCUT2D eigenvalue weighted by Gasteiger charge is -2.49. The number of ether oxygens (including phenoxy) is 9. The Hall–Kier alpha value is -4.44. The van der Waals surface area contributed by atoms with Gasteiger partial charge in [0.05, 0.1) is 60.4 Å². The number of aliphatic hydroxyl groups excluding tert-OH is 1. The first-order valence-corrected chi connectivity index (χ1v) is 27.0. The molecule has 0 spiro atoms. The minimum absolute atomic E-state index is 0.0494. The summed E-state index contributed by atoms with van der Waals surface area (Å²) in [6.45, 7) is 19.3. The van der Waals surface area contributed by atoms with Gasteiger partial charge in [0.15, 0.2) is 24.8 Å². The van der Waals surface area contributed by atoms with Crippen LogP contribution in [-0.4, -0.2) is 163 Å². The summed E-state index contributed by atoms with van der Waals surface area (Å²) < 4.78 is 57.1. The summed E-state index contributed by atoms with van der Waals surface area (Å²) in [6.07, 6.45) is -9.44. The molecule has 428 valence electrons. The Morgan fingerprint density at radius 1 is 0.842 bits per heavy atom. The fourth-order valence-electron chi connectivity index (χ4n) is 11.1. The quantitative estimate of drug-likeness (QED) is 0.0512. The van der Waals surface area contributed by atoms with E-state index in [1.807, 2.05) is 93.5 Å². The van der Waals surface area contributed by atoms with Gasteiger partial charge in [0.1, 0.15) is 29.7 Å². The second-order valence-corrected chi connectivity index (χ2v) is 22.1. The SMILES string of the molecule is CC[C@H]1OC(=O)[C@H](C)[C@H](O[C@H]2C[C@@](C)(OC)[C@@H](OC(C)=O)[C@H](C)O2)[C@H](C)[C@@H](O[C@@H]2O[C@H](C)C[C@H](N(C)C)[C@H]2OC(=O)NCc2ccccc2)[C@@](C)(O)C[C@@H](C)/C(=N\OCCCCOc2ccccc2)[C@H](C)[C@@H](O)[C@]1(C)O. The lowest BCUT2D eigenvalue weighted by Crippen LogP contribution is -2.62. The van der Waals surface area contributed by atoms with Gasteiger partial charge in [0, 0.05) is 44.8 Å². The topological polar surface area (TPSA) is 232 Å². The number of carbonyl (C=O) groups excluding carboxylic acids is 3. The number of para-hydroxylation sites is 1. The lowest BCUT2D eigenvalue weighted by atomic mass is 9.73. The van der Waals surface area contributed by atoms with E-state index in [4.69, 9.17) is 47.5 Å². The second kappa shape index (κ2) is 27.9. The van der Waals surface area contributed by atoms with Crippen molar-refractivity contribution < 1.29 is 77.2 Å². The largest absolute Gasteiger partial charge is 0.494 e. The highest BCUT2D eigenvalue weighted by Crippen LogP contribution is 2.42. The van der Waals surface area contributed by atoms with Crippen LogP contribution in [0.2, 0.25) is 0 Å². The Balaban J connectivity index is 1.59. The van der Waals surface area contributed by atoms with E-state index >= 15 is 0 Å². The van der Waals surface area contributed by atoms with E-state index in [0.29, 0.717) is 31.6 Å². The number of likely N-dealkylation sites (N-methyl/N-ethyl adjacent to an activating group) is 1. The molecule has 3 aliphatic heterocycles. The van der Waals surface area contributed by atoms with Gasteiger partial charge in [-0.3, -0.25) is 9.59 Å². The molecular weight excluding hydrogens is 983 g/mol. The van der Waals surface area contributed by atoms with Gasteiger partial charge in [-0.1, -0.05) is 81.4 Å². The molecule has 19 nitrogen and oxygen atoms in total. The van der Waals surface area contributed by atoms with Crippen molar-refractivity contribution in [2.24, 2.45) is 28.8 Å². The molecule has 19 heteroatoms. The number of benzene rings is 2. The van der Waals surface area contributed by atoms with Crippen LogP contribution in [0.3, 0.4) is 0 Å². The number of nitrogens with one attached hydrogen (secondary N) is 1. The molecule has 0 radical (unpaired) electrons. The highest BCUT2D eigenvalue weighted by atomic mass is 16.7. The van der Waals surface area contributed by atoms with Crippen LogP contribution in [0.25, 0.3) is 0 Å². The Morgan fingerprint density at radius 3 is 2.11 bits per heavy atom. The van der Waals surface area contributed by atoms with Crippen LogP contribution in [-0.2, 0) is 58.9 Å². The standard InChI is InChI=1S/C57H89N3O16/c1-15-44-57(11,66)49(62)36(4)46(59-69-29-23-22-28-68-42-26-20-17-21-27-42)34(2)31-55(9,65)50(76-53-48(43(60(12)13)30-35(3)70-53)75-54(64)58-33-41-24-18-16-19-25-41)37(5)47(38(6)52(63)73-44)74-45-32-56(10,67-14)51(39(7)71-45)72-40(8)61/h16-21,24-27,34-39,43-45,47-51,53,62,65-66H,15,22-23,28-33H2,1-14H3,(H,58,64)/b59-46+/t34-,35-,36+,37+,38-,39+,43+,44-,45+,47-,48-,49-,50-,51+,53+,55+,56-,57-/m1/s1. The van der Waals surface area contributed by atoms with E-state index in [2.05, 4.69) is 10.5 Å². The van der Waals surface area contributed by atoms with Gasteiger partial charge in [-0.15, -0.1) is 0 Å². The van der Waals surface area contributed by atoms with Crippen LogP contribution in [0.1, 0.15) is 120 Å². The number of nitrogens with zero attached hydrogens (tertiary/aromatic N) is 2. The summed E-state index contributed by atoms with van der Waals surface area (Å²) in [5.41, 5.74) is -3.78. The number of aliphatic hydroxyl groups is 3. The number of esters is 2. The molecule has 2 aromatic rings. The zero-order valence-corrected chi connectivity index (χ0v) is 47.3. The molecule has 4 N–H and O–H groups in total. The number of oxime groups is 1. The first-order chi connectivity index (χ1) is 35.8. The Labute approximate surface area is 450 Å². The van der Waals surface area contributed by atoms with Crippen LogP contribution >= 0.6 is 0 Å². The van der Waals surface area contributed by atoms with Crippen molar-refractivity contribution in [2.75, 3.05) is 34.4 Å². The van der Waals surface area contributed by atoms with E-state index in [0.717, 1.165) is 11.3 Å². The second-order valence-electron chi connectivity index (χ2n) is 22.1. The number of amides is 1. The van der Waals surface area contributed by atoms with Gasteiger partial charge >= 0.3 is 18.0 Å². The third-order valence-electron chi connectivity index (χ3n) is 15.4. The van der Waals surface area contributed by atoms with Gasteiger partial charge in [-0.2, -0.15) is 0 Å². The average Bonchev–Trinajstić information content (AvgIpc) is 3.37. The van der Waals surface area contributed by atoms with E-state index < -0.39 is 126 Å². The third kappa shape index (κ3) is 16.3. The van der Waals surface area contributed by atoms with Crippen molar-refractivity contribution >= 4 is 23.7 Å². The highest BCUT2D eigenvalue weighted by Gasteiger charge is 2.55. The molecule has 0 unspecified atom stereocenters. The molecule has 3 heterocycles. The van der Waals surface area contributed by atoms with Crippen LogP contribution in [0, 0.1) is 23.7 Å². The lowest BCUT2D eigenvalue weighted by molar-refractivity contribution is -0.318. The summed E-state index contributed by atoms with van der Waals surface area (Å²) in [5, 5.41) is 45.2. The fourth-order valence-corrected chi connectivity index (χ4v) is 11.1. The predicted octanol–water partition coefficient (Wildman–Crippen LogP) is 6.95. The molecule has 0 aliphatic carbocycles. The molecule has 18 atom stereocenters. The number of carbonyl (C=O) groups is 3. The summed E-state index contributed by atoms with van der Waals surface area (Å²) in [4.78, 5) is 48.8. The molecular formula is C57H89N3O16. The number of rotatable bonds is 18. The summed E-state index contributed by atoms with van der Waals surface area (Å²) in [5.74, 6) is -4.16. The summed E-state index contributed by atoms with van der Waals surface area (Å²) in [6, 6.07) is 18.5. The van der Waals surface area contributed by atoms with Gasteiger partial charge in [0.2, 0.25) is 0 Å². The fraction of sp³-hybridized carbons (Fsp3) is 0.719. The van der Waals surface area contributed by atoms with Gasteiger partial charge in [0.25, 0.3) is 0 Å². The van der Waals surface area contributed by atoms with Crippen molar-refractivity contribution in [3.8, 4) is 5.75 Å². The van der Waals surface area contributed by atoms with Crippen LogP contribution < -0.4 is 10.1 Å². The summed E-state index contributed by atoms with van der Waals surface area (Å²) >= 11 is 0. The normalized spacial score (nSPS) is 37.4. The van der Waals surface area contributed by atoms with E-state index in [9.17, 15) is 29.7 Å². The molecule has 0 bridgehead atoms. The number of unbranched alkanes of at least 4 members (excludes halogenated alkanes) is 1. The number of cyclic esters (lactones) is 1. The Kier molecular flexibility index (Phi) is 22.9. The predicted molar refractivity (Wildman–Crippen MR) is 283 cm³/mol. The maximum Gasteiger partial charge on any atom is 0.407 e. The Morgan fingerprint density at radius 2 is 1.49 bits per heavy atom. The van der Waals surface area contributed by atoms with E-state index in [-0.39, 0.29) is 32.4 Å². The number of alkyl carbamates (subject to hydrolysis) is 1. The third-order valence-corrected chi connectivity index (χ3v) is 15.4. The zero-order valence-electron chi connectivity index (χ0n) is 47.3. The first kappa shape index (κ1) is 62.4. The number of hydrogen-bond acceptors (Lipinski definition) is 18. The molecule has 3 fully saturated rings. The first-order valence-electron chi connectivity index (χ1n) is 27.0. The van der Waals surface area contributed by atoms with Crippen molar-refractivity contribution in [2.45, 2.75) is 205 Å². The molecule has 3 aliphatic rings. The smallest absolute Gasteiger partial charge is 0.407 e. The van der Waals surface area contributed by atoms with E-state index in [1.54, 1.807) is 48.5 Å². The van der Waals surface area contributed by atoms with Gasteiger partial charge in [-0.05, 0) is 105 Å². The van der Waals surface area contributed by atoms with E-state index in [1.165, 1.54) is 21.0 Å². The van der Waals surface area contributed by atoms with Crippen LogP contribution in [0.15, 0.2) is 65.8 Å². The molecule has 0 aromatic heterocycles. The molecule has 3 saturated heterocycles. The zero-order chi connectivity index (χ0) is 56.1. The molecule has 2 aromatic carbocycles. The highest BCUT2D eigenvalue weighted by molar-refractivity contribution is 5.88. The molecule has 76 heavy (non-hydrogen) atoms. The minimum atomic E-state index is -2.01. The summed E-state index contributed by atoms with van der Waals surface area (Å²) in [7, 11) is 5.25. The molecule has 1 amide bonds. The maximum atomic E-state index is 14.8. The van der Waals surface area contributed by atoms with Gasteiger partial charge < -0.3 is 73.0 Å². The monoisotopic (exact) mass is 1070 g/mol. The van der Waals surface area contributed by atoms with Gasteiger partial charge in [-0.25, -0.2) is 4.79 Å². The minimum Gasteiger partial charge on any atom is -0.494 e. The van der Waals surface area contributed by atoms with Crippen molar-refractivity contribution in [3.05, 3.63) is 66.2 Å². The molecule has 0 saturated carbocycles. The van der Waals surface area contributed by atoms with Crippen LogP contribution in [0.5, 0.6) is 5.75 Å². The number of methoxy groups -OCH3 is 1. The Bertz CT molecular complexity index is 2150. The van der Waals surface area contributed by atoms with Crippen molar-refractivity contribution in [1.82, 2.24) is 10.2 Å². The van der Waals surface area contributed by atoms with Crippen molar-refractivity contribution in [1.29, 1.82) is 0 Å². The number of hydrogen-bond donors (Lipinski definition) is 4. The maximum absolute atomic E-state index is 14.8.